The second-order valence-electron chi connectivity index (χ2n) is 4.06. The first-order chi connectivity index (χ1) is 6.77. The van der Waals surface area contributed by atoms with E-state index in [0.717, 1.165) is 6.42 Å². The number of nitrogens with zero attached hydrogens (tertiary/aromatic N) is 1. The summed E-state index contributed by atoms with van der Waals surface area (Å²) < 4.78 is 0. The van der Waals surface area contributed by atoms with Crippen molar-refractivity contribution in [3.8, 4) is 0 Å². The highest BCUT2D eigenvalue weighted by molar-refractivity contribution is 8.01. The van der Waals surface area contributed by atoms with Crippen LogP contribution in [0.4, 0.5) is 0 Å². The molecule has 0 fully saturated rings. The predicted octanol–water partition coefficient (Wildman–Crippen LogP) is 4.27. The van der Waals surface area contributed by atoms with E-state index in [1.165, 1.54) is 37.8 Å². The normalized spacial score (nSPS) is 26.6. The summed E-state index contributed by atoms with van der Waals surface area (Å²) >= 11 is 2.05. The van der Waals surface area contributed by atoms with Gasteiger partial charge >= 0.3 is 0 Å². The Morgan fingerprint density at radius 3 is 2.57 bits per heavy atom. The molecule has 2 atom stereocenters. The summed E-state index contributed by atoms with van der Waals surface area (Å²) in [5.74, 6) is 0. The Morgan fingerprint density at radius 2 is 2.00 bits per heavy atom. The molecule has 1 heterocycles. The Morgan fingerprint density at radius 1 is 1.21 bits per heavy atom. The Kier molecular flexibility index (Phi) is 5.61. The minimum Gasteiger partial charge on any atom is -0.279 e. The van der Waals surface area contributed by atoms with Crippen molar-refractivity contribution in [2.24, 2.45) is 4.99 Å². The van der Waals surface area contributed by atoms with E-state index in [4.69, 9.17) is 4.99 Å². The van der Waals surface area contributed by atoms with Crippen LogP contribution < -0.4 is 0 Å². The minimum absolute atomic E-state index is 0.580. The standard InChI is InChI=1S/C12H23NS/c1-4-6-7-8-9-12-13-11(5-2)10(3)14-12/h10,12H,4-9H2,1-3H3/t10-,12-/m1/s1. The first-order valence-electron chi connectivity index (χ1n) is 6.00. The Bertz CT molecular complexity index is 189. The summed E-state index contributed by atoms with van der Waals surface area (Å²) in [4.78, 5) is 4.76. The van der Waals surface area contributed by atoms with Crippen LogP contribution >= 0.6 is 11.8 Å². The first kappa shape index (κ1) is 12.1. The zero-order valence-electron chi connectivity index (χ0n) is 9.75. The lowest BCUT2D eigenvalue weighted by atomic mass is 10.1. The number of hydrogen-bond acceptors (Lipinski definition) is 2. The highest BCUT2D eigenvalue weighted by atomic mass is 32.2. The smallest absolute Gasteiger partial charge is 0.0957 e. The number of rotatable bonds is 6. The second-order valence-corrected chi connectivity index (χ2v) is 5.58. The van der Waals surface area contributed by atoms with Gasteiger partial charge in [0.1, 0.15) is 0 Å². The molecule has 1 aliphatic heterocycles. The Hall–Kier alpha value is 0.0200. The molecule has 1 nitrogen and oxygen atoms in total. The van der Waals surface area contributed by atoms with E-state index in [0.29, 0.717) is 10.6 Å². The van der Waals surface area contributed by atoms with Crippen molar-refractivity contribution in [3.63, 3.8) is 0 Å². The van der Waals surface area contributed by atoms with E-state index in [1.54, 1.807) is 0 Å². The number of unbranched alkanes of at least 4 members (excludes halogenated alkanes) is 3. The van der Waals surface area contributed by atoms with E-state index < -0.39 is 0 Å². The van der Waals surface area contributed by atoms with Gasteiger partial charge in [-0.25, -0.2) is 0 Å². The van der Waals surface area contributed by atoms with Gasteiger partial charge in [-0.3, -0.25) is 4.99 Å². The monoisotopic (exact) mass is 213 g/mol. The Labute approximate surface area is 92.8 Å². The van der Waals surface area contributed by atoms with Gasteiger partial charge in [0, 0.05) is 11.0 Å². The number of aliphatic imine (C=N–C) groups is 1. The zero-order chi connectivity index (χ0) is 10.4. The van der Waals surface area contributed by atoms with E-state index in [9.17, 15) is 0 Å². The van der Waals surface area contributed by atoms with Crippen LogP contribution in [0.2, 0.25) is 0 Å². The molecule has 82 valence electrons. The van der Waals surface area contributed by atoms with Crippen molar-refractivity contribution in [1.29, 1.82) is 0 Å². The molecular weight excluding hydrogens is 190 g/mol. The van der Waals surface area contributed by atoms with E-state index in [1.807, 2.05) is 0 Å². The quantitative estimate of drug-likeness (QED) is 0.600. The molecule has 1 rings (SSSR count). The van der Waals surface area contributed by atoms with Crippen LogP contribution in [-0.2, 0) is 0 Å². The molecule has 0 amide bonds. The average Bonchev–Trinajstić information content (AvgIpc) is 2.54. The average molecular weight is 213 g/mol. The van der Waals surface area contributed by atoms with Gasteiger partial charge < -0.3 is 0 Å². The SMILES string of the molecule is CCCCCC[C@@H]1N=C(CC)[C@@H](C)S1. The van der Waals surface area contributed by atoms with Gasteiger partial charge in [-0.1, -0.05) is 39.5 Å². The summed E-state index contributed by atoms with van der Waals surface area (Å²) in [6.45, 7) is 6.77. The minimum atomic E-state index is 0.580. The van der Waals surface area contributed by atoms with Crippen LogP contribution in [0.3, 0.4) is 0 Å². The lowest BCUT2D eigenvalue weighted by Gasteiger charge is -2.06. The fourth-order valence-electron chi connectivity index (χ4n) is 1.89. The van der Waals surface area contributed by atoms with Crippen LogP contribution in [0.25, 0.3) is 0 Å². The zero-order valence-corrected chi connectivity index (χ0v) is 10.6. The number of hydrogen-bond donors (Lipinski definition) is 0. The van der Waals surface area contributed by atoms with Crippen LogP contribution in [0.15, 0.2) is 4.99 Å². The molecule has 1 aliphatic rings. The molecule has 2 heteroatoms. The van der Waals surface area contributed by atoms with Crippen molar-refractivity contribution >= 4 is 17.5 Å². The molecule has 0 saturated carbocycles. The van der Waals surface area contributed by atoms with Crippen molar-refractivity contribution in [1.82, 2.24) is 0 Å². The lowest BCUT2D eigenvalue weighted by molar-refractivity contribution is 0.626. The molecule has 0 saturated heterocycles. The molecule has 0 aromatic rings. The van der Waals surface area contributed by atoms with Gasteiger partial charge in [-0.05, 0) is 19.8 Å². The third-order valence-corrected chi connectivity index (χ3v) is 4.14. The van der Waals surface area contributed by atoms with Gasteiger partial charge in [0.2, 0.25) is 0 Å². The topological polar surface area (TPSA) is 12.4 Å². The van der Waals surface area contributed by atoms with Crippen molar-refractivity contribution in [2.45, 2.75) is 69.9 Å². The van der Waals surface area contributed by atoms with Crippen LogP contribution in [0.5, 0.6) is 0 Å². The summed E-state index contributed by atoms with van der Waals surface area (Å²) in [7, 11) is 0. The summed E-state index contributed by atoms with van der Waals surface area (Å²) in [5.41, 5.74) is 1.43. The van der Waals surface area contributed by atoms with Gasteiger partial charge in [0.15, 0.2) is 0 Å². The fourth-order valence-corrected chi connectivity index (χ4v) is 3.25. The summed E-state index contributed by atoms with van der Waals surface area (Å²) in [5, 5.41) is 1.26. The molecule has 14 heavy (non-hydrogen) atoms. The largest absolute Gasteiger partial charge is 0.279 e. The molecule has 0 aromatic heterocycles. The van der Waals surface area contributed by atoms with Crippen molar-refractivity contribution in [3.05, 3.63) is 0 Å². The molecule has 0 radical (unpaired) electrons. The third-order valence-electron chi connectivity index (χ3n) is 2.81. The molecule has 0 bridgehead atoms. The second kappa shape index (κ2) is 6.49. The molecule has 0 N–H and O–H groups in total. The Balaban J connectivity index is 2.18. The van der Waals surface area contributed by atoms with E-state index >= 15 is 0 Å². The highest BCUT2D eigenvalue weighted by Crippen LogP contribution is 2.31. The third kappa shape index (κ3) is 3.64. The lowest BCUT2D eigenvalue weighted by Crippen LogP contribution is -2.06. The summed E-state index contributed by atoms with van der Waals surface area (Å²) in [6, 6.07) is 0. The maximum absolute atomic E-state index is 4.76. The maximum atomic E-state index is 4.76. The highest BCUT2D eigenvalue weighted by Gasteiger charge is 2.23. The maximum Gasteiger partial charge on any atom is 0.0957 e. The summed E-state index contributed by atoms with van der Waals surface area (Å²) in [6.07, 6.45) is 7.89. The van der Waals surface area contributed by atoms with Crippen LogP contribution in [0, 0.1) is 0 Å². The van der Waals surface area contributed by atoms with Crippen molar-refractivity contribution < 1.29 is 0 Å². The molecule has 0 unspecified atom stereocenters. The van der Waals surface area contributed by atoms with Crippen LogP contribution in [-0.4, -0.2) is 16.3 Å². The molecule has 0 spiro atoms. The van der Waals surface area contributed by atoms with Gasteiger partial charge in [0.05, 0.1) is 5.37 Å². The molecular formula is C12H23NS. The predicted molar refractivity (Wildman–Crippen MR) is 67.3 cm³/mol. The van der Waals surface area contributed by atoms with Gasteiger partial charge in [-0.15, -0.1) is 11.8 Å². The fraction of sp³-hybridized carbons (Fsp3) is 0.917. The molecule has 0 aromatic carbocycles. The van der Waals surface area contributed by atoms with Crippen LogP contribution in [0.1, 0.15) is 59.3 Å². The molecule has 0 aliphatic carbocycles. The van der Waals surface area contributed by atoms with Gasteiger partial charge in [0.25, 0.3) is 0 Å². The first-order valence-corrected chi connectivity index (χ1v) is 6.94. The van der Waals surface area contributed by atoms with E-state index in [-0.39, 0.29) is 0 Å². The van der Waals surface area contributed by atoms with E-state index in [2.05, 4.69) is 32.5 Å². The van der Waals surface area contributed by atoms with Crippen molar-refractivity contribution in [2.75, 3.05) is 0 Å². The number of thioether (sulfide) groups is 1. The van der Waals surface area contributed by atoms with Gasteiger partial charge in [-0.2, -0.15) is 0 Å².